The number of anilines is 2. The van der Waals surface area contributed by atoms with Crippen LogP contribution in [0.4, 0.5) is 25.8 Å². The van der Waals surface area contributed by atoms with E-state index in [1.54, 1.807) is 13.1 Å². The van der Waals surface area contributed by atoms with Crippen LogP contribution in [0.1, 0.15) is 62.7 Å². The van der Waals surface area contributed by atoms with Crippen molar-refractivity contribution in [2.45, 2.75) is 70.6 Å². The number of likely N-dealkylation sites (tertiary alicyclic amines) is 2. The van der Waals surface area contributed by atoms with E-state index in [-0.39, 0.29) is 24.0 Å². The second-order valence-corrected chi connectivity index (χ2v) is 13.4. The zero-order chi connectivity index (χ0) is 36.3. The molecule has 4 saturated heterocycles. The maximum atomic E-state index is 14.9. The summed E-state index contributed by atoms with van der Waals surface area (Å²) in [7, 11) is 1.62. The maximum Gasteiger partial charge on any atom is 0.272 e. The quantitative estimate of drug-likeness (QED) is 0.0951. The summed E-state index contributed by atoms with van der Waals surface area (Å²) < 4.78 is 46.8. The molecular weight excluding hydrogens is 662 g/mol. The number of hydrogen-bond acceptors (Lipinski definition) is 10. The number of halogens is 2. The second kappa shape index (κ2) is 18.7. The molecule has 4 heterocycles. The minimum atomic E-state index is -0.649. The number of non-ortho nitro benzene ring substituents is 1. The Bertz CT molecular complexity index is 1490. The zero-order valence-electron chi connectivity index (χ0n) is 30.0. The molecule has 4 fully saturated rings. The summed E-state index contributed by atoms with van der Waals surface area (Å²) in [5, 5.41) is 14.0. The standard InChI is InChI=1S/C35H46F2N6O6.C2H6/c1-38-35(23-49-28-8-14-47-15-9-28)39-33-18-29(17-31(36)30(33)21-44)48-22-24-4-10-40(11-5-24)27-19-42(20-27)25-6-12-41(13-7-25)34-3-2-26(43(45)46)16-32(34)37;1-2/h2-3,16-18,21,24-25,27-28H,4-15,19-20,22-23H2,1H3,(H,38,39);1-2H3. The highest BCUT2D eigenvalue weighted by Gasteiger charge is 2.38. The summed E-state index contributed by atoms with van der Waals surface area (Å²) in [5.74, 6) is 0.0205. The number of ether oxygens (including phenoxy) is 3. The first-order chi connectivity index (χ1) is 24.8. The third-order valence-corrected chi connectivity index (χ3v) is 10.4. The smallest absolute Gasteiger partial charge is 0.272 e. The number of hydrogen-bond donors (Lipinski definition) is 1. The fourth-order valence-corrected chi connectivity index (χ4v) is 7.30. The lowest BCUT2D eigenvalue weighted by atomic mass is 9.92. The molecule has 14 heteroatoms. The lowest BCUT2D eigenvalue weighted by Gasteiger charge is -2.52. The van der Waals surface area contributed by atoms with Crippen LogP contribution in [-0.2, 0) is 9.47 Å². The fraction of sp³-hybridized carbons (Fsp3) is 0.622. The third-order valence-electron chi connectivity index (χ3n) is 10.4. The number of nitro groups is 1. The van der Waals surface area contributed by atoms with Crippen LogP contribution in [0.5, 0.6) is 5.75 Å². The van der Waals surface area contributed by atoms with Crippen molar-refractivity contribution >= 4 is 29.2 Å². The Morgan fingerprint density at radius 2 is 1.69 bits per heavy atom. The molecule has 2 aromatic rings. The molecule has 0 aromatic heterocycles. The number of nitrogens with zero attached hydrogens (tertiary/aromatic N) is 5. The molecule has 51 heavy (non-hydrogen) atoms. The lowest BCUT2D eigenvalue weighted by molar-refractivity contribution is -0.385. The van der Waals surface area contributed by atoms with E-state index in [2.05, 4.69) is 20.1 Å². The van der Waals surface area contributed by atoms with Gasteiger partial charge in [0.15, 0.2) is 12.1 Å². The lowest BCUT2D eigenvalue weighted by Crippen LogP contribution is -2.64. The third kappa shape index (κ3) is 10.00. The van der Waals surface area contributed by atoms with Crippen LogP contribution in [0.2, 0.25) is 0 Å². The molecule has 2 aromatic carbocycles. The van der Waals surface area contributed by atoms with E-state index < -0.39 is 16.6 Å². The molecule has 0 amide bonds. The number of aldehydes is 1. The van der Waals surface area contributed by atoms with Crippen molar-refractivity contribution < 1.29 is 32.7 Å². The Balaban J connectivity index is 0.00000248. The van der Waals surface area contributed by atoms with E-state index in [1.165, 1.54) is 18.2 Å². The Labute approximate surface area is 299 Å². The van der Waals surface area contributed by atoms with Crippen molar-refractivity contribution in [1.82, 2.24) is 9.80 Å². The van der Waals surface area contributed by atoms with Crippen LogP contribution in [0, 0.1) is 27.7 Å². The van der Waals surface area contributed by atoms with Gasteiger partial charge in [-0.3, -0.25) is 29.7 Å². The number of amidine groups is 1. The van der Waals surface area contributed by atoms with Crippen molar-refractivity contribution in [3.63, 3.8) is 0 Å². The molecule has 0 radical (unpaired) electrons. The number of nitro benzene ring substituents is 1. The van der Waals surface area contributed by atoms with Crippen LogP contribution in [0.15, 0.2) is 35.3 Å². The first-order valence-corrected chi connectivity index (χ1v) is 18.3. The molecule has 6 rings (SSSR count). The van der Waals surface area contributed by atoms with Gasteiger partial charge in [-0.1, -0.05) is 13.8 Å². The number of piperidine rings is 2. The van der Waals surface area contributed by atoms with Gasteiger partial charge in [-0.25, -0.2) is 8.78 Å². The highest BCUT2D eigenvalue weighted by atomic mass is 19.1. The van der Waals surface area contributed by atoms with Crippen LogP contribution in [0.25, 0.3) is 0 Å². The first-order valence-electron chi connectivity index (χ1n) is 18.3. The summed E-state index contributed by atoms with van der Waals surface area (Å²) in [4.78, 5) is 33.4. The van der Waals surface area contributed by atoms with Gasteiger partial charge >= 0.3 is 0 Å². The molecule has 0 atom stereocenters. The summed E-state index contributed by atoms with van der Waals surface area (Å²) in [6, 6.07) is 7.78. The van der Waals surface area contributed by atoms with Gasteiger partial charge in [0, 0.05) is 76.7 Å². The van der Waals surface area contributed by atoms with Gasteiger partial charge in [0.25, 0.3) is 5.69 Å². The Kier molecular flexibility index (Phi) is 14.1. The predicted molar refractivity (Wildman–Crippen MR) is 193 cm³/mol. The Morgan fingerprint density at radius 3 is 2.31 bits per heavy atom. The fourth-order valence-electron chi connectivity index (χ4n) is 7.30. The van der Waals surface area contributed by atoms with Gasteiger partial charge in [-0.2, -0.15) is 0 Å². The topological polar surface area (TPSA) is 122 Å². The van der Waals surface area contributed by atoms with Crippen molar-refractivity contribution in [2.75, 3.05) is 83.0 Å². The van der Waals surface area contributed by atoms with Gasteiger partial charge in [-0.15, -0.1) is 0 Å². The Morgan fingerprint density at radius 1 is 0.980 bits per heavy atom. The SMILES string of the molecule is CC.CN=C(COC1CCOCC1)Nc1cc(OCC2CCN(C3CN(C4CCN(c5ccc([N+](=O)[O-])cc5F)CC4)C3)CC2)cc(F)c1C=O. The second-order valence-electron chi connectivity index (χ2n) is 13.4. The number of carbonyl (C=O) groups is 1. The molecular formula is C37H52F2N6O6. The molecule has 12 nitrogen and oxygen atoms in total. The van der Waals surface area contributed by atoms with Crippen molar-refractivity contribution in [1.29, 1.82) is 0 Å². The largest absolute Gasteiger partial charge is 0.493 e. The van der Waals surface area contributed by atoms with Gasteiger partial charge in [0.05, 0.1) is 40.6 Å². The highest BCUT2D eigenvalue weighted by Crippen LogP contribution is 2.32. The molecule has 0 spiro atoms. The molecule has 4 aliphatic heterocycles. The van der Waals surface area contributed by atoms with E-state index in [1.807, 2.05) is 18.7 Å². The van der Waals surface area contributed by atoms with Gasteiger partial charge in [0.1, 0.15) is 24.0 Å². The molecule has 0 unspecified atom stereocenters. The van der Waals surface area contributed by atoms with Crippen molar-refractivity contribution in [2.24, 2.45) is 10.9 Å². The summed E-state index contributed by atoms with van der Waals surface area (Å²) in [6.07, 6.45) is 6.05. The predicted octanol–water partition coefficient (Wildman–Crippen LogP) is 5.79. The summed E-state index contributed by atoms with van der Waals surface area (Å²) >= 11 is 0. The number of nitrogens with one attached hydrogen (secondary N) is 1. The summed E-state index contributed by atoms with van der Waals surface area (Å²) in [6.45, 7) is 11.5. The molecule has 0 saturated carbocycles. The van der Waals surface area contributed by atoms with Crippen LogP contribution < -0.4 is 15.0 Å². The van der Waals surface area contributed by atoms with E-state index in [9.17, 15) is 23.7 Å². The van der Waals surface area contributed by atoms with Crippen LogP contribution >= 0.6 is 0 Å². The molecule has 4 aliphatic rings. The van der Waals surface area contributed by atoms with E-state index in [0.29, 0.717) is 67.1 Å². The molecule has 1 N–H and O–H groups in total. The van der Waals surface area contributed by atoms with Crippen LogP contribution in [-0.4, -0.2) is 118 Å². The Hall–Kier alpha value is -3.72. The average molecular weight is 715 g/mol. The zero-order valence-corrected chi connectivity index (χ0v) is 30.0. The monoisotopic (exact) mass is 714 g/mol. The number of rotatable bonds is 12. The first kappa shape index (κ1) is 38.5. The van der Waals surface area contributed by atoms with Crippen LogP contribution in [0.3, 0.4) is 0 Å². The molecule has 280 valence electrons. The average Bonchev–Trinajstić information content (AvgIpc) is 3.14. The van der Waals surface area contributed by atoms with Gasteiger partial charge in [0.2, 0.25) is 0 Å². The summed E-state index contributed by atoms with van der Waals surface area (Å²) in [5.41, 5.74) is 0.428. The van der Waals surface area contributed by atoms with Gasteiger partial charge < -0.3 is 24.4 Å². The normalized spacial score (nSPS) is 20.3. The van der Waals surface area contributed by atoms with Gasteiger partial charge in [-0.05, 0) is 63.6 Å². The number of carbonyl (C=O) groups excluding carboxylic acids is 1. The minimum Gasteiger partial charge on any atom is -0.493 e. The maximum absolute atomic E-state index is 14.9. The minimum absolute atomic E-state index is 0.0772. The number of aliphatic imine (C=N–C) groups is 1. The molecule has 0 bridgehead atoms. The molecule has 0 aliphatic carbocycles. The van der Waals surface area contributed by atoms with E-state index >= 15 is 0 Å². The van der Waals surface area contributed by atoms with E-state index in [0.717, 1.165) is 83.9 Å². The van der Waals surface area contributed by atoms with Crippen molar-refractivity contribution in [3.05, 3.63) is 57.6 Å². The highest BCUT2D eigenvalue weighted by molar-refractivity contribution is 6.00. The van der Waals surface area contributed by atoms with E-state index in [4.69, 9.17) is 14.2 Å². The van der Waals surface area contributed by atoms with Crippen molar-refractivity contribution in [3.8, 4) is 5.75 Å². The number of benzene rings is 2.